The number of rotatable bonds is 5. The molecular formula is C28H33N3O2. The van der Waals surface area contributed by atoms with Crippen LogP contribution in [0.25, 0.3) is 11.1 Å². The molecule has 2 aliphatic heterocycles. The molecule has 5 nitrogen and oxygen atoms in total. The highest BCUT2D eigenvalue weighted by Crippen LogP contribution is 2.43. The monoisotopic (exact) mass is 443 g/mol. The molecule has 5 rings (SSSR count). The number of hydrogen-bond acceptors (Lipinski definition) is 5. The summed E-state index contributed by atoms with van der Waals surface area (Å²) in [4.78, 5) is 8.81. The third kappa shape index (κ3) is 4.46. The van der Waals surface area contributed by atoms with Crippen LogP contribution in [0.1, 0.15) is 41.7 Å². The number of aliphatic hydroxyl groups is 2. The second kappa shape index (κ2) is 9.74. The van der Waals surface area contributed by atoms with Crippen molar-refractivity contribution in [3.05, 3.63) is 89.7 Å². The maximum absolute atomic E-state index is 11.1. The third-order valence-corrected chi connectivity index (χ3v) is 7.38. The first-order chi connectivity index (χ1) is 16.2. The molecule has 2 N–H and O–H groups in total. The van der Waals surface area contributed by atoms with Gasteiger partial charge in [-0.3, -0.25) is 14.8 Å². The van der Waals surface area contributed by atoms with E-state index in [0.29, 0.717) is 0 Å². The number of hydrogen-bond donors (Lipinski definition) is 2. The van der Waals surface area contributed by atoms with Crippen molar-refractivity contribution in [2.75, 3.05) is 26.2 Å². The van der Waals surface area contributed by atoms with Gasteiger partial charge in [-0.2, -0.15) is 0 Å². The quantitative estimate of drug-likeness (QED) is 0.625. The lowest BCUT2D eigenvalue weighted by Gasteiger charge is -2.57. The number of aryl methyl sites for hydroxylation is 1. The van der Waals surface area contributed by atoms with Crippen LogP contribution in [0.3, 0.4) is 0 Å². The van der Waals surface area contributed by atoms with Crippen molar-refractivity contribution in [3.8, 4) is 11.1 Å². The first-order valence-corrected chi connectivity index (χ1v) is 12.0. The van der Waals surface area contributed by atoms with E-state index in [1.807, 2.05) is 12.1 Å². The largest absolute Gasteiger partial charge is 0.395 e. The van der Waals surface area contributed by atoms with Gasteiger partial charge in [-0.05, 0) is 49.1 Å². The van der Waals surface area contributed by atoms with Crippen molar-refractivity contribution < 1.29 is 10.2 Å². The fraction of sp³-hybridized carbons (Fsp3) is 0.393. The number of benzene rings is 2. The lowest BCUT2D eigenvalue weighted by molar-refractivity contribution is -0.0948. The summed E-state index contributed by atoms with van der Waals surface area (Å²) >= 11 is 0. The van der Waals surface area contributed by atoms with Crippen molar-refractivity contribution in [1.82, 2.24) is 14.8 Å². The van der Waals surface area contributed by atoms with Crippen LogP contribution in [0.2, 0.25) is 0 Å². The van der Waals surface area contributed by atoms with E-state index in [0.717, 1.165) is 38.0 Å². The normalized spacial score (nSPS) is 24.9. The van der Waals surface area contributed by atoms with Gasteiger partial charge in [0.25, 0.3) is 0 Å². The molecule has 4 atom stereocenters. The number of aliphatic hydroxyl groups excluding tert-OH is 2. The Morgan fingerprint density at radius 2 is 1.82 bits per heavy atom. The molecule has 2 aromatic carbocycles. The maximum Gasteiger partial charge on any atom is 0.135 e. The van der Waals surface area contributed by atoms with Crippen LogP contribution in [0, 0.1) is 6.92 Å². The summed E-state index contributed by atoms with van der Waals surface area (Å²) in [5.74, 6) is 0.253. The molecule has 0 aliphatic carbocycles. The molecule has 5 heteroatoms. The summed E-state index contributed by atoms with van der Waals surface area (Å²) in [5.41, 5.74) is 5.80. The Bertz CT molecular complexity index is 1060. The number of aromatic nitrogens is 1. The highest BCUT2D eigenvalue weighted by molar-refractivity contribution is 5.64. The average Bonchev–Trinajstić information content (AvgIpc) is 2.83. The first kappa shape index (κ1) is 22.2. The van der Waals surface area contributed by atoms with Gasteiger partial charge in [0.1, 0.15) is 6.23 Å². The molecule has 0 saturated carbocycles. The van der Waals surface area contributed by atoms with Crippen LogP contribution in [-0.2, 0) is 0 Å². The van der Waals surface area contributed by atoms with Crippen LogP contribution in [0.15, 0.2) is 73.1 Å². The predicted octanol–water partition coefficient (Wildman–Crippen LogP) is 3.97. The molecule has 2 fully saturated rings. The predicted molar refractivity (Wildman–Crippen MR) is 131 cm³/mol. The van der Waals surface area contributed by atoms with E-state index in [1.165, 1.54) is 22.3 Å². The van der Waals surface area contributed by atoms with Gasteiger partial charge in [-0.1, -0.05) is 60.2 Å². The van der Waals surface area contributed by atoms with Gasteiger partial charge < -0.3 is 10.2 Å². The Morgan fingerprint density at radius 1 is 1.00 bits per heavy atom. The average molecular weight is 444 g/mol. The van der Waals surface area contributed by atoms with Crippen molar-refractivity contribution in [1.29, 1.82) is 0 Å². The minimum Gasteiger partial charge on any atom is -0.395 e. The van der Waals surface area contributed by atoms with Gasteiger partial charge in [0, 0.05) is 49.0 Å². The standard InChI is InChI=1S/C28H33N3O2/c1-20-6-4-7-23(16-20)21-9-11-22(12-10-21)27-25-18-30(28(33)24-8-5-13-29-17-24)14-2-3-15-31(25)26(27)19-32/h4-13,16-17,25-28,32-33H,2-3,14-15,18-19H2,1H3/t25-,26+,27-,28?/m0/s1. The zero-order valence-electron chi connectivity index (χ0n) is 19.2. The smallest absolute Gasteiger partial charge is 0.135 e. The Labute approximate surface area is 196 Å². The van der Waals surface area contributed by atoms with Gasteiger partial charge in [-0.25, -0.2) is 0 Å². The van der Waals surface area contributed by atoms with Crippen LogP contribution < -0.4 is 0 Å². The molecule has 2 aliphatic rings. The lowest BCUT2D eigenvalue weighted by atomic mass is 9.74. The zero-order valence-corrected chi connectivity index (χ0v) is 19.2. The molecule has 1 unspecified atom stereocenters. The molecule has 3 heterocycles. The van der Waals surface area contributed by atoms with E-state index >= 15 is 0 Å². The van der Waals surface area contributed by atoms with E-state index in [4.69, 9.17) is 0 Å². The number of pyridine rings is 1. The van der Waals surface area contributed by atoms with Crippen LogP contribution in [-0.4, -0.2) is 63.3 Å². The third-order valence-electron chi connectivity index (χ3n) is 7.38. The highest BCUT2D eigenvalue weighted by atomic mass is 16.3. The van der Waals surface area contributed by atoms with Crippen molar-refractivity contribution in [2.45, 2.75) is 44.0 Å². The van der Waals surface area contributed by atoms with Crippen molar-refractivity contribution >= 4 is 0 Å². The molecule has 2 saturated heterocycles. The maximum atomic E-state index is 11.1. The summed E-state index contributed by atoms with van der Waals surface area (Å²) in [6, 6.07) is 21.7. The summed E-state index contributed by atoms with van der Waals surface area (Å²) in [6.45, 7) is 4.92. The van der Waals surface area contributed by atoms with E-state index in [9.17, 15) is 10.2 Å². The van der Waals surface area contributed by atoms with Crippen LogP contribution >= 0.6 is 0 Å². The molecule has 172 valence electrons. The highest BCUT2D eigenvalue weighted by Gasteiger charge is 2.49. The molecule has 0 radical (unpaired) electrons. The number of nitrogens with zero attached hydrogens (tertiary/aromatic N) is 3. The molecule has 0 bridgehead atoms. The second-order valence-electron chi connectivity index (χ2n) is 9.43. The van der Waals surface area contributed by atoms with E-state index in [2.05, 4.69) is 70.2 Å². The SMILES string of the molecule is Cc1cccc(-c2ccc([C@@H]3[C@@H](CO)N4CCCCN(C(O)c5cccnc5)C[C@@H]34)cc2)c1. The molecule has 33 heavy (non-hydrogen) atoms. The Hall–Kier alpha value is -2.57. The fourth-order valence-corrected chi connectivity index (χ4v) is 5.65. The molecule has 3 aromatic rings. The summed E-state index contributed by atoms with van der Waals surface area (Å²) < 4.78 is 0. The van der Waals surface area contributed by atoms with E-state index in [-0.39, 0.29) is 24.6 Å². The fourth-order valence-electron chi connectivity index (χ4n) is 5.65. The van der Waals surface area contributed by atoms with Crippen molar-refractivity contribution in [3.63, 3.8) is 0 Å². The van der Waals surface area contributed by atoms with Crippen molar-refractivity contribution in [2.24, 2.45) is 0 Å². The molecular weight excluding hydrogens is 410 g/mol. The second-order valence-corrected chi connectivity index (χ2v) is 9.43. The molecule has 1 aromatic heterocycles. The van der Waals surface area contributed by atoms with Crippen LogP contribution in [0.4, 0.5) is 0 Å². The molecule has 0 spiro atoms. The Morgan fingerprint density at radius 3 is 2.55 bits per heavy atom. The van der Waals surface area contributed by atoms with Gasteiger partial charge in [-0.15, -0.1) is 0 Å². The van der Waals surface area contributed by atoms with Gasteiger partial charge in [0.05, 0.1) is 6.61 Å². The Kier molecular flexibility index (Phi) is 6.56. The number of fused-ring (bicyclic) bond motifs is 1. The Balaban J connectivity index is 1.38. The van der Waals surface area contributed by atoms with Crippen LogP contribution in [0.5, 0.6) is 0 Å². The summed E-state index contributed by atoms with van der Waals surface area (Å²) in [6.07, 6.45) is 4.94. The first-order valence-electron chi connectivity index (χ1n) is 12.0. The topological polar surface area (TPSA) is 59.8 Å². The van der Waals surface area contributed by atoms with E-state index < -0.39 is 6.23 Å². The summed E-state index contributed by atoms with van der Waals surface area (Å²) in [7, 11) is 0. The van der Waals surface area contributed by atoms with E-state index in [1.54, 1.807) is 12.4 Å². The minimum absolute atomic E-state index is 0.135. The zero-order chi connectivity index (χ0) is 22.8. The van der Waals surface area contributed by atoms with Gasteiger partial charge >= 0.3 is 0 Å². The lowest BCUT2D eigenvalue weighted by Crippen LogP contribution is -2.67. The van der Waals surface area contributed by atoms with Gasteiger partial charge in [0.2, 0.25) is 0 Å². The molecule has 0 amide bonds. The summed E-state index contributed by atoms with van der Waals surface area (Å²) in [5, 5.41) is 21.3. The minimum atomic E-state index is -0.656. The van der Waals surface area contributed by atoms with Gasteiger partial charge in [0.15, 0.2) is 0 Å².